The molecule has 33 heavy (non-hydrogen) atoms. The number of nitrogens with one attached hydrogen (secondary N) is 1. The first-order valence-electron chi connectivity index (χ1n) is 9.42. The fraction of sp³-hybridized carbons (Fsp3) is 0.0870. The molecule has 7 nitrogen and oxygen atoms in total. The van der Waals surface area contributed by atoms with E-state index in [2.05, 4.69) is 26.5 Å². The number of carbonyl (C=O) groups is 2. The van der Waals surface area contributed by atoms with Crippen molar-refractivity contribution in [3.8, 4) is 17.2 Å². The SMILES string of the molecule is COc1ccc(C(=O)Oc2ccc(Br)cc2/C=N\NC(=O)COc2cccc(Cl)c2Cl)cc1. The normalized spacial score (nSPS) is 10.7. The summed E-state index contributed by atoms with van der Waals surface area (Å²) in [5.74, 6) is 0.0990. The van der Waals surface area contributed by atoms with Crippen molar-refractivity contribution in [2.45, 2.75) is 0 Å². The Hall–Kier alpha value is -3.07. The molecule has 0 saturated heterocycles. The van der Waals surface area contributed by atoms with E-state index in [9.17, 15) is 9.59 Å². The Morgan fingerprint density at radius 3 is 2.55 bits per heavy atom. The van der Waals surface area contributed by atoms with Crippen LogP contribution in [-0.4, -0.2) is 31.8 Å². The van der Waals surface area contributed by atoms with Crippen LogP contribution in [-0.2, 0) is 4.79 Å². The van der Waals surface area contributed by atoms with Gasteiger partial charge in [0.05, 0.1) is 23.9 Å². The quantitative estimate of drug-likeness (QED) is 0.172. The van der Waals surface area contributed by atoms with Crippen molar-refractivity contribution in [2.75, 3.05) is 13.7 Å². The second-order valence-corrected chi connectivity index (χ2v) is 8.13. The van der Waals surface area contributed by atoms with Gasteiger partial charge in [-0.3, -0.25) is 4.79 Å². The van der Waals surface area contributed by atoms with E-state index in [1.165, 1.54) is 13.3 Å². The van der Waals surface area contributed by atoms with Gasteiger partial charge in [0, 0.05) is 10.0 Å². The third-order valence-corrected chi connectivity index (χ3v) is 5.46. The van der Waals surface area contributed by atoms with E-state index in [1.54, 1.807) is 60.7 Å². The Balaban J connectivity index is 1.62. The maximum Gasteiger partial charge on any atom is 0.343 e. The van der Waals surface area contributed by atoms with E-state index in [-0.39, 0.29) is 23.1 Å². The van der Waals surface area contributed by atoms with Crippen LogP contribution in [0.3, 0.4) is 0 Å². The van der Waals surface area contributed by atoms with E-state index >= 15 is 0 Å². The number of hydrazone groups is 1. The monoisotopic (exact) mass is 550 g/mol. The fourth-order valence-electron chi connectivity index (χ4n) is 2.54. The predicted molar refractivity (Wildman–Crippen MR) is 130 cm³/mol. The van der Waals surface area contributed by atoms with Gasteiger partial charge in [-0.05, 0) is 54.6 Å². The van der Waals surface area contributed by atoms with Crippen molar-refractivity contribution < 1.29 is 23.8 Å². The highest BCUT2D eigenvalue weighted by molar-refractivity contribution is 9.10. The van der Waals surface area contributed by atoms with Crippen molar-refractivity contribution in [3.05, 3.63) is 86.3 Å². The lowest BCUT2D eigenvalue weighted by atomic mass is 10.2. The lowest BCUT2D eigenvalue weighted by Gasteiger charge is -2.09. The summed E-state index contributed by atoms with van der Waals surface area (Å²) in [5, 5.41) is 4.44. The van der Waals surface area contributed by atoms with Crippen molar-refractivity contribution in [2.24, 2.45) is 5.10 Å². The molecule has 0 saturated carbocycles. The molecule has 0 atom stereocenters. The molecule has 0 fully saturated rings. The van der Waals surface area contributed by atoms with Crippen LogP contribution in [0.5, 0.6) is 17.2 Å². The first-order valence-corrected chi connectivity index (χ1v) is 11.0. The lowest BCUT2D eigenvalue weighted by molar-refractivity contribution is -0.123. The Labute approximate surface area is 208 Å². The molecule has 170 valence electrons. The number of rotatable bonds is 8. The van der Waals surface area contributed by atoms with Crippen molar-refractivity contribution in [1.82, 2.24) is 5.43 Å². The first kappa shape index (κ1) is 24.6. The number of hydrogen-bond acceptors (Lipinski definition) is 6. The summed E-state index contributed by atoms with van der Waals surface area (Å²) in [5.41, 5.74) is 3.16. The number of methoxy groups -OCH3 is 1. The smallest absolute Gasteiger partial charge is 0.343 e. The van der Waals surface area contributed by atoms with Crippen LogP contribution in [0.4, 0.5) is 0 Å². The molecule has 0 heterocycles. The Morgan fingerprint density at radius 2 is 1.82 bits per heavy atom. The minimum Gasteiger partial charge on any atom is -0.497 e. The molecule has 3 rings (SSSR count). The van der Waals surface area contributed by atoms with Crippen molar-refractivity contribution >= 4 is 57.2 Å². The van der Waals surface area contributed by atoms with Gasteiger partial charge in [0.15, 0.2) is 6.61 Å². The van der Waals surface area contributed by atoms with Gasteiger partial charge in [-0.2, -0.15) is 5.10 Å². The van der Waals surface area contributed by atoms with Crippen LogP contribution < -0.4 is 19.6 Å². The number of nitrogens with zero attached hydrogens (tertiary/aromatic N) is 1. The molecule has 3 aromatic rings. The van der Waals surface area contributed by atoms with Gasteiger partial charge < -0.3 is 14.2 Å². The average molecular weight is 552 g/mol. The number of carbonyl (C=O) groups excluding carboxylic acids is 2. The molecule has 0 unspecified atom stereocenters. The largest absolute Gasteiger partial charge is 0.497 e. The summed E-state index contributed by atoms with van der Waals surface area (Å²) in [4.78, 5) is 24.5. The van der Waals surface area contributed by atoms with Crippen LogP contribution in [0.25, 0.3) is 0 Å². The molecule has 0 aliphatic carbocycles. The lowest BCUT2D eigenvalue weighted by Crippen LogP contribution is -2.24. The third-order valence-electron chi connectivity index (χ3n) is 4.17. The highest BCUT2D eigenvalue weighted by Crippen LogP contribution is 2.31. The molecular formula is C23H17BrCl2N2O5. The molecule has 1 N–H and O–H groups in total. The third kappa shape index (κ3) is 6.95. The zero-order valence-corrected chi connectivity index (χ0v) is 20.3. The summed E-state index contributed by atoms with van der Waals surface area (Å²) in [6.45, 7) is -0.324. The number of halogens is 3. The second kappa shape index (κ2) is 11.7. The minimum atomic E-state index is -0.550. The molecule has 3 aromatic carbocycles. The molecule has 0 radical (unpaired) electrons. The minimum absolute atomic E-state index is 0.216. The van der Waals surface area contributed by atoms with Crippen LogP contribution >= 0.6 is 39.1 Å². The average Bonchev–Trinajstić information content (AvgIpc) is 2.81. The van der Waals surface area contributed by atoms with E-state index in [4.69, 9.17) is 37.4 Å². The molecule has 1 amide bonds. The highest BCUT2D eigenvalue weighted by atomic mass is 79.9. The number of amides is 1. The van der Waals surface area contributed by atoms with Gasteiger partial charge in [0.2, 0.25) is 0 Å². The van der Waals surface area contributed by atoms with Gasteiger partial charge in [-0.1, -0.05) is 45.2 Å². The zero-order valence-electron chi connectivity index (χ0n) is 17.2. The van der Waals surface area contributed by atoms with E-state index in [0.717, 1.165) is 4.47 Å². The number of benzene rings is 3. The molecule has 0 spiro atoms. The molecule has 0 bridgehead atoms. The van der Waals surface area contributed by atoms with Gasteiger partial charge >= 0.3 is 5.97 Å². The number of ether oxygens (including phenoxy) is 3. The Kier molecular flexibility index (Phi) is 8.71. The van der Waals surface area contributed by atoms with Crippen LogP contribution in [0.15, 0.2) is 70.2 Å². The van der Waals surface area contributed by atoms with Gasteiger partial charge in [0.25, 0.3) is 5.91 Å². The molecule has 0 aliphatic heterocycles. The number of hydrogen-bond donors (Lipinski definition) is 1. The van der Waals surface area contributed by atoms with E-state index in [1.807, 2.05) is 0 Å². The van der Waals surface area contributed by atoms with Crippen LogP contribution in [0.2, 0.25) is 10.0 Å². The summed E-state index contributed by atoms with van der Waals surface area (Å²) < 4.78 is 16.7. The molecular weight excluding hydrogens is 535 g/mol. The second-order valence-electron chi connectivity index (χ2n) is 6.43. The summed E-state index contributed by atoms with van der Waals surface area (Å²) in [7, 11) is 1.54. The molecule has 10 heteroatoms. The summed E-state index contributed by atoms with van der Waals surface area (Å²) >= 11 is 15.3. The summed E-state index contributed by atoms with van der Waals surface area (Å²) in [6.07, 6.45) is 1.35. The van der Waals surface area contributed by atoms with Gasteiger partial charge in [-0.15, -0.1) is 0 Å². The molecule has 0 aromatic heterocycles. The van der Waals surface area contributed by atoms with Crippen LogP contribution in [0, 0.1) is 0 Å². The first-order chi connectivity index (χ1) is 15.9. The van der Waals surface area contributed by atoms with Crippen molar-refractivity contribution in [1.29, 1.82) is 0 Å². The Bertz CT molecular complexity index is 1190. The standard InChI is InChI=1S/C23H17BrCl2N2O5/c1-31-17-8-5-14(6-9-17)23(30)33-19-10-7-16(24)11-15(19)12-27-28-21(29)13-32-20-4-2-3-18(25)22(20)26/h2-12H,13H2,1H3,(H,28,29)/b27-12-. The van der Waals surface area contributed by atoms with E-state index in [0.29, 0.717) is 21.9 Å². The zero-order chi connectivity index (χ0) is 23.8. The number of esters is 1. The molecule has 0 aliphatic rings. The maximum absolute atomic E-state index is 12.5. The summed E-state index contributed by atoms with van der Waals surface area (Å²) in [6, 6.07) is 16.4. The van der Waals surface area contributed by atoms with E-state index < -0.39 is 11.9 Å². The maximum atomic E-state index is 12.5. The Morgan fingerprint density at radius 1 is 1.06 bits per heavy atom. The predicted octanol–water partition coefficient (Wildman–Crippen LogP) is 5.51. The van der Waals surface area contributed by atoms with Crippen molar-refractivity contribution in [3.63, 3.8) is 0 Å². The van der Waals surface area contributed by atoms with Gasteiger partial charge in [0.1, 0.15) is 22.3 Å². The fourth-order valence-corrected chi connectivity index (χ4v) is 3.27. The highest BCUT2D eigenvalue weighted by Gasteiger charge is 2.12. The van der Waals surface area contributed by atoms with Crippen LogP contribution in [0.1, 0.15) is 15.9 Å². The van der Waals surface area contributed by atoms with Gasteiger partial charge in [-0.25, -0.2) is 10.2 Å². The topological polar surface area (TPSA) is 86.2 Å².